The maximum Gasteiger partial charge on any atom is 0.140 e. The molecule has 1 atom stereocenters. The van der Waals surface area contributed by atoms with Crippen LogP contribution in [0.3, 0.4) is 0 Å². The van der Waals surface area contributed by atoms with E-state index in [1.54, 1.807) is 6.20 Å². The highest BCUT2D eigenvalue weighted by atomic mass is 79.9. The average molecular weight is 365 g/mol. The van der Waals surface area contributed by atoms with Gasteiger partial charge < -0.3 is 11.1 Å². The highest BCUT2D eigenvalue weighted by Gasteiger charge is 2.24. The van der Waals surface area contributed by atoms with Crippen molar-refractivity contribution in [2.24, 2.45) is 11.7 Å². The third-order valence-corrected chi connectivity index (χ3v) is 3.58. The van der Waals surface area contributed by atoms with Crippen LogP contribution in [0.2, 0.25) is 0 Å². The van der Waals surface area contributed by atoms with Crippen LogP contribution in [0, 0.1) is 5.92 Å². The summed E-state index contributed by atoms with van der Waals surface area (Å²) in [5, 5.41) is 3.43. The molecular weight excluding hydrogens is 346 g/mol. The number of nitrogens with zero attached hydrogens (tertiary/aromatic N) is 1. The second-order valence-corrected chi connectivity index (χ2v) is 6.74. The van der Waals surface area contributed by atoms with Crippen LogP contribution >= 0.6 is 31.9 Å². The van der Waals surface area contributed by atoms with Gasteiger partial charge in [0, 0.05) is 22.8 Å². The van der Waals surface area contributed by atoms with Crippen molar-refractivity contribution in [3.05, 3.63) is 21.2 Å². The molecule has 0 bridgehead atoms. The number of hydrogen-bond acceptors (Lipinski definition) is 3. The van der Waals surface area contributed by atoms with E-state index in [9.17, 15) is 0 Å². The lowest BCUT2D eigenvalue weighted by molar-refractivity contribution is 0.406. The quantitative estimate of drug-likeness (QED) is 0.835. The summed E-state index contributed by atoms with van der Waals surface area (Å²) in [6.45, 7) is 7.10. The van der Waals surface area contributed by atoms with Crippen LogP contribution in [-0.4, -0.2) is 17.1 Å². The summed E-state index contributed by atoms with van der Waals surface area (Å²) >= 11 is 6.89. The Labute approximate surface area is 120 Å². The molecule has 0 spiro atoms. The number of hydrogen-bond donors (Lipinski definition) is 2. The van der Waals surface area contributed by atoms with Crippen molar-refractivity contribution in [3.63, 3.8) is 0 Å². The van der Waals surface area contributed by atoms with Crippen molar-refractivity contribution in [1.29, 1.82) is 0 Å². The molecular formula is C12H19Br2N3. The summed E-state index contributed by atoms with van der Waals surface area (Å²) in [4.78, 5) is 4.36. The Morgan fingerprint density at radius 3 is 2.59 bits per heavy atom. The van der Waals surface area contributed by atoms with Gasteiger partial charge in [0.25, 0.3) is 0 Å². The molecule has 17 heavy (non-hydrogen) atoms. The molecule has 0 amide bonds. The summed E-state index contributed by atoms with van der Waals surface area (Å²) < 4.78 is 1.89. The van der Waals surface area contributed by atoms with Crippen molar-refractivity contribution >= 4 is 37.7 Å². The first-order valence-corrected chi connectivity index (χ1v) is 7.24. The minimum absolute atomic E-state index is 0.127. The maximum atomic E-state index is 5.87. The van der Waals surface area contributed by atoms with E-state index in [1.807, 2.05) is 6.07 Å². The molecule has 5 heteroatoms. The van der Waals surface area contributed by atoms with Gasteiger partial charge in [-0.05, 0) is 57.2 Å². The minimum atomic E-state index is -0.127. The zero-order valence-electron chi connectivity index (χ0n) is 10.4. The van der Waals surface area contributed by atoms with E-state index in [0.717, 1.165) is 21.2 Å². The molecule has 1 aromatic heterocycles. The van der Waals surface area contributed by atoms with E-state index >= 15 is 0 Å². The van der Waals surface area contributed by atoms with E-state index in [-0.39, 0.29) is 5.54 Å². The molecule has 0 aliphatic carbocycles. The van der Waals surface area contributed by atoms with Gasteiger partial charge >= 0.3 is 0 Å². The lowest BCUT2D eigenvalue weighted by atomic mass is 9.91. The van der Waals surface area contributed by atoms with Crippen LogP contribution in [-0.2, 0) is 0 Å². The minimum Gasteiger partial charge on any atom is -0.363 e. The summed E-state index contributed by atoms with van der Waals surface area (Å²) in [5.74, 6) is 1.42. The van der Waals surface area contributed by atoms with E-state index in [2.05, 4.69) is 62.9 Å². The summed E-state index contributed by atoms with van der Waals surface area (Å²) in [6, 6.07) is 1.97. The fourth-order valence-electron chi connectivity index (χ4n) is 1.88. The van der Waals surface area contributed by atoms with E-state index in [4.69, 9.17) is 5.73 Å². The Bertz CT molecular complexity index is 382. The lowest BCUT2D eigenvalue weighted by Gasteiger charge is -2.32. The Morgan fingerprint density at radius 1 is 1.47 bits per heavy atom. The highest BCUT2D eigenvalue weighted by molar-refractivity contribution is 9.11. The van der Waals surface area contributed by atoms with Crippen LogP contribution in [0.15, 0.2) is 21.2 Å². The van der Waals surface area contributed by atoms with E-state index in [0.29, 0.717) is 12.5 Å². The molecule has 0 aliphatic rings. The van der Waals surface area contributed by atoms with Crippen LogP contribution in [0.4, 0.5) is 5.82 Å². The number of pyridine rings is 1. The van der Waals surface area contributed by atoms with Crippen LogP contribution < -0.4 is 11.1 Å². The number of anilines is 1. The monoisotopic (exact) mass is 363 g/mol. The smallest absolute Gasteiger partial charge is 0.140 e. The highest BCUT2D eigenvalue weighted by Crippen LogP contribution is 2.28. The van der Waals surface area contributed by atoms with Crippen molar-refractivity contribution in [3.8, 4) is 0 Å². The Morgan fingerprint density at radius 2 is 2.12 bits per heavy atom. The molecule has 0 saturated heterocycles. The fourth-order valence-corrected chi connectivity index (χ4v) is 2.97. The van der Waals surface area contributed by atoms with Crippen molar-refractivity contribution < 1.29 is 0 Å². The van der Waals surface area contributed by atoms with Crippen LogP contribution in [0.25, 0.3) is 0 Å². The molecule has 1 aromatic rings. The maximum absolute atomic E-state index is 5.87. The molecule has 1 unspecified atom stereocenters. The lowest BCUT2D eigenvalue weighted by Crippen LogP contribution is -2.44. The van der Waals surface area contributed by atoms with Gasteiger partial charge in [-0.15, -0.1) is 0 Å². The molecule has 1 rings (SSSR count). The van der Waals surface area contributed by atoms with E-state index < -0.39 is 0 Å². The second kappa shape index (κ2) is 6.16. The Kier molecular flexibility index (Phi) is 5.41. The van der Waals surface area contributed by atoms with Gasteiger partial charge in [-0.3, -0.25) is 0 Å². The first kappa shape index (κ1) is 14.9. The molecule has 0 aliphatic heterocycles. The molecule has 0 fully saturated rings. The second-order valence-electron chi connectivity index (χ2n) is 4.97. The first-order chi connectivity index (χ1) is 7.86. The van der Waals surface area contributed by atoms with Crippen molar-refractivity contribution in [2.75, 3.05) is 11.9 Å². The standard InChI is InChI=1S/C12H19Br2N3/c1-8(2)5-12(3,7-15)17-11-10(14)4-9(13)6-16-11/h4,6,8H,5,7,15H2,1-3H3,(H,16,17). The van der Waals surface area contributed by atoms with Gasteiger partial charge in [0.15, 0.2) is 0 Å². The van der Waals surface area contributed by atoms with Crippen LogP contribution in [0.5, 0.6) is 0 Å². The fraction of sp³-hybridized carbons (Fsp3) is 0.583. The number of nitrogens with two attached hydrogens (primary N) is 1. The Hall–Kier alpha value is -0.130. The van der Waals surface area contributed by atoms with Gasteiger partial charge in [0.1, 0.15) is 5.82 Å². The van der Waals surface area contributed by atoms with Gasteiger partial charge in [0.2, 0.25) is 0 Å². The number of aromatic nitrogens is 1. The van der Waals surface area contributed by atoms with Crippen molar-refractivity contribution in [2.45, 2.75) is 32.7 Å². The number of rotatable bonds is 5. The molecule has 0 radical (unpaired) electrons. The predicted octanol–water partition coefficient (Wildman–Crippen LogP) is 3.78. The normalized spacial score (nSPS) is 14.8. The number of nitrogens with one attached hydrogen (secondary N) is 1. The third kappa shape index (κ3) is 4.56. The zero-order chi connectivity index (χ0) is 13.1. The largest absolute Gasteiger partial charge is 0.363 e. The summed E-state index contributed by atoms with van der Waals surface area (Å²) in [6.07, 6.45) is 2.78. The molecule has 3 nitrogen and oxygen atoms in total. The number of halogens is 2. The zero-order valence-corrected chi connectivity index (χ0v) is 13.6. The molecule has 3 N–H and O–H groups in total. The molecule has 96 valence electrons. The average Bonchev–Trinajstić information content (AvgIpc) is 2.21. The van der Waals surface area contributed by atoms with E-state index in [1.165, 1.54) is 0 Å². The molecule has 1 heterocycles. The van der Waals surface area contributed by atoms with Crippen molar-refractivity contribution in [1.82, 2.24) is 4.98 Å². The first-order valence-electron chi connectivity index (χ1n) is 5.65. The Balaban J connectivity index is 2.87. The SMILES string of the molecule is CC(C)CC(C)(CN)Nc1ncc(Br)cc1Br. The molecule has 0 aromatic carbocycles. The van der Waals surface area contributed by atoms with Gasteiger partial charge in [-0.2, -0.15) is 0 Å². The topological polar surface area (TPSA) is 50.9 Å². The summed E-state index contributed by atoms with van der Waals surface area (Å²) in [7, 11) is 0. The predicted molar refractivity (Wildman–Crippen MR) is 80.2 cm³/mol. The van der Waals surface area contributed by atoms with Crippen LogP contribution in [0.1, 0.15) is 27.2 Å². The summed E-state index contributed by atoms with van der Waals surface area (Å²) in [5.41, 5.74) is 5.74. The van der Waals surface area contributed by atoms with Gasteiger partial charge in [0.05, 0.1) is 4.47 Å². The van der Waals surface area contributed by atoms with Gasteiger partial charge in [-0.1, -0.05) is 13.8 Å². The molecule has 0 saturated carbocycles. The van der Waals surface area contributed by atoms with Gasteiger partial charge in [-0.25, -0.2) is 4.98 Å². The third-order valence-electron chi connectivity index (χ3n) is 2.54.